The van der Waals surface area contributed by atoms with Crippen LogP contribution in [0.25, 0.3) is 5.03 Å². The normalized spacial score (nSPS) is 11.6. The number of hydrogen-bond acceptors (Lipinski definition) is 4. The molecule has 0 saturated carbocycles. The third-order valence-corrected chi connectivity index (χ3v) is 3.96. The molecule has 0 amide bonds. The van der Waals surface area contributed by atoms with Crippen molar-refractivity contribution in [3.05, 3.63) is 70.8 Å². The molecule has 2 aromatic carbocycles. The number of hydrogen-bond donors (Lipinski definition) is 1. The summed E-state index contributed by atoms with van der Waals surface area (Å²) >= 11 is 12.0. The van der Waals surface area contributed by atoms with Gasteiger partial charge in [-0.2, -0.15) is 0 Å². The lowest BCUT2D eigenvalue weighted by Gasteiger charge is -2.10. The van der Waals surface area contributed by atoms with Crippen LogP contribution in [-0.4, -0.2) is 25.1 Å². The van der Waals surface area contributed by atoms with E-state index in [1.807, 2.05) is 0 Å². The van der Waals surface area contributed by atoms with Gasteiger partial charge in [-0.05, 0) is 29.8 Å². The first-order valence-corrected chi connectivity index (χ1v) is 8.01. The smallest absolute Gasteiger partial charge is 0.193 e. The number of halogens is 2. The van der Waals surface area contributed by atoms with E-state index in [2.05, 4.69) is 0 Å². The summed E-state index contributed by atoms with van der Waals surface area (Å²) in [6, 6.07) is 9.87. The summed E-state index contributed by atoms with van der Waals surface area (Å²) in [7, 11) is 2.87. The van der Waals surface area contributed by atoms with Gasteiger partial charge in [0.2, 0.25) is 0 Å². The molecule has 4 nitrogen and oxygen atoms in total. The molecule has 6 heteroatoms. The van der Waals surface area contributed by atoms with Gasteiger partial charge < -0.3 is 14.6 Å². The van der Waals surface area contributed by atoms with Gasteiger partial charge in [-0.15, -0.1) is 0 Å². The molecule has 0 unspecified atom stereocenters. The zero-order valence-electron chi connectivity index (χ0n) is 13.6. The van der Waals surface area contributed by atoms with Gasteiger partial charge in [-0.1, -0.05) is 41.4 Å². The number of allylic oxidation sites excluding steroid dienone is 3. The number of carbonyl (C=O) groups is 1. The van der Waals surface area contributed by atoms with Crippen LogP contribution in [0.1, 0.15) is 15.9 Å². The van der Waals surface area contributed by atoms with Crippen molar-refractivity contribution in [1.82, 2.24) is 0 Å². The maximum atomic E-state index is 12.4. The number of methoxy groups -OCH3 is 2. The molecule has 0 bridgehead atoms. The first-order chi connectivity index (χ1) is 12.0. The monoisotopic (exact) mass is 378 g/mol. The largest absolute Gasteiger partial charge is 0.507 e. The zero-order chi connectivity index (χ0) is 18.4. The minimum atomic E-state index is -0.422. The van der Waals surface area contributed by atoms with Crippen molar-refractivity contribution in [1.29, 1.82) is 0 Å². The number of phenols is 1. The van der Waals surface area contributed by atoms with Crippen molar-refractivity contribution in [3.8, 4) is 17.2 Å². The number of carbonyl (C=O) groups excluding carboxylic acids is 1. The van der Waals surface area contributed by atoms with E-state index >= 15 is 0 Å². The van der Waals surface area contributed by atoms with Gasteiger partial charge in [0.25, 0.3) is 0 Å². The van der Waals surface area contributed by atoms with Crippen LogP contribution in [-0.2, 0) is 0 Å². The highest BCUT2D eigenvalue weighted by Crippen LogP contribution is 2.33. The van der Waals surface area contributed by atoms with Crippen molar-refractivity contribution in [2.45, 2.75) is 0 Å². The average molecular weight is 379 g/mol. The molecule has 0 spiro atoms. The Hall–Kier alpha value is -2.43. The second-order valence-corrected chi connectivity index (χ2v) is 5.81. The number of phenolic OH excluding ortho intramolecular Hbond substituents is 1. The molecule has 0 aliphatic heterocycles. The summed E-state index contributed by atoms with van der Waals surface area (Å²) in [5.74, 6) is -0.0349. The minimum Gasteiger partial charge on any atom is -0.507 e. The van der Waals surface area contributed by atoms with Gasteiger partial charge >= 0.3 is 0 Å². The van der Waals surface area contributed by atoms with Gasteiger partial charge in [0, 0.05) is 22.2 Å². The first-order valence-electron chi connectivity index (χ1n) is 7.25. The maximum absolute atomic E-state index is 12.4. The van der Waals surface area contributed by atoms with Gasteiger partial charge in [-0.3, -0.25) is 4.79 Å². The maximum Gasteiger partial charge on any atom is 0.193 e. The molecule has 130 valence electrons. The number of aromatic hydroxyl groups is 1. The molecule has 2 aromatic rings. The van der Waals surface area contributed by atoms with Crippen molar-refractivity contribution in [2.24, 2.45) is 0 Å². The SMILES string of the molecule is COc1cc(O)c(C(=O)/C=C/C=C(\Cl)c2ccc(Cl)cc2)c(OC)c1. The lowest BCUT2D eigenvalue weighted by Crippen LogP contribution is -2.00. The highest BCUT2D eigenvalue weighted by molar-refractivity contribution is 6.49. The molecular formula is C19H16Cl2O4. The van der Waals surface area contributed by atoms with Crippen molar-refractivity contribution >= 4 is 34.0 Å². The fraction of sp³-hybridized carbons (Fsp3) is 0.105. The van der Waals surface area contributed by atoms with E-state index in [1.54, 1.807) is 30.3 Å². The zero-order valence-corrected chi connectivity index (χ0v) is 15.1. The van der Waals surface area contributed by atoms with Gasteiger partial charge in [0.15, 0.2) is 5.78 Å². The third-order valence-electron chi connectivity index (χ3n) is 3.37. The number of rotatable bonds is 6. The van der Waals surface area contributed by atoms with E-state index < -0.39 is 5.78 Å². The molecule has 25 heavy (non-hydrogen) atoms. The van der Waals surface area contributed by atoms with E-state index in [0.29, 0.717) is 15.8 Å². The van der Waals surface area contributed by atoms with E-state index in [1.165, 1.54) is 38.5 Å². The second-order valence-electron chi connectivity index (χ2n) is 4.97. The third kappa shape index (κ3) is 4.78. The van der Waals surface area contributed by atoms with E-state index in [0.717, 1.165) is 5.56 Å². The molecule has 0 fully saturated rings. The Balaban J connectivity index is 2.23. The van der Waals surface area contributed by atoms with Crippen LogP contribution >= 0.6 is 23.2 Å². The summed E-state index contributed by atoms with van der Waals surface area (Å²) in [5.41, 5.74) is 0.823. The van der Waals surface area contributed by atoms with Crippen LogP contribution in [0.5, 0.6) is 17.2 Å². The summed E-state index contributed by atoms with van der Waals surface area (Å²) in [5, 5.41) is 11.1. The fourth-order valence-corrected chi connectivity index (χ4v) is 2.44. The van der Waals surface area contributed by atoms with Gasteiger partial charge in [-0.25, -0.2) is 0 Å². The Morgan fingerprint density at radius 1 is 1.12 bits per heavy atom. The quantitative estimate of drug-likeness (QED) is 0.432. The molecule has 1 N–H and O–H groups in total. The Morgan fingerprint density at radius 3 is 2.40 bits per heavy atom. The predicted molar refractivity (Wildman–Crippen MR) is 100.0 cm³/mol. The topological polar surface area (TPSA) is 55.8 Å². The van der Waals surface area contributed by atoms with Crippen LogP contribution in [0.2, 0.25) is 5.02 Å². The second kappa shape index (κ2) is 8.60. The van der Waals surface area contributed by atoms with Crippen LogP contribution < -0.4 is 9.47 Å². The van der Waals surface area contributed by atoms with Crippen LogP contribution in [0, 0.1) is 0 Å². The number of ketones is 1. The van der Waals surface area contributed by atoms with Gasteiger partial charge in [0.05, 0.1) is 14.2 Å². The van der Waals surface area contributed by atoms with E-state index in [-0.39, 0.29) is 17.1 Å². The Kier molecular flexibility index (Phi) is 6.51. The molecule has 0 heterocycles. The van der Waals surface area contributed by atoms with Crippen molar-refractivity contribution in [3.63, 3.8) is 0 Å². The predicted octanol–water partition coefficient (Wildman–Crippen LogP) is 5.08. The number of benzene rings is 2. The van der Waals surface area contributed by atoms with Crippen molar-refractivity contribution in [2.75, 3.05) is 14.2 Å². The van der Waals surface area contributed by atoms with Crippen LogP contribution in [0.3, 0.4) is 0 Å². The fourth-order valence-electron chi connectivity index (χ4n) is 2.11. The summed E-state index contributed by atoms with van der Waals surface area (Å²) < 4.78 is 10.2. The highest BCUT2D eigenvalue weighted by Gasteiger charge is 2.17. The van der Waals surface area contributed by atoms with E-state index in [4.69, 9.17) is 32.7 Å². The highest BCUT2D eigenvalue weighted by atomic mass is 35.5. The van der Waals surface area contributed by atoms with E-state index in [9.17, 15) is 9.90 Å². The van der Waals surface area contributed by atoms with Crippen LogP contribution in [0.15, 0.2) is 54.6 Å². The Morgan fingerprint density at radius 2 is 1.80 bits per heavy atom. The lowest BCUT2D eigenvalue weighted by molar-refractivity contribution is 0.104. The first kappa shape index (κ1) is 18.9. The molecule has 0 radical (unpaired) electrons. The summed E-state index contributed by atoms with van der Waals surface area (Å²) in [4.78, 5) is 12.4. The molecule has 0 aliphatic carbocycles. The molecule has 2 rings (SSSR count). The average Bonchev–Trinajstić information content (AvgIpc) is 2.61. The molecule has 0 saturated heterocycles. The molecule has 0 atom stereocenters. The minimum absolute atomic E-state index is 0.0514. The lowest BCUT2D eigenvalue weighted by atomic mass is 10.1. The number of ether oxygens (including phenoxy) is 2. The van der Waals surface area contributed by atoms with Crippen molar-refractivity contribution < 1.29 is 19.4 Å². The molecule has 0 aromatic heterocycles. The Labute approximate surface area is 155 Å². The Bertz CT molecular complexity index is 824. The van der Waals surface area contributed by atoms with Crippen LogP contribution in [0.4, 0.5) is 0 Å². The molecule has 0 aliphatic rings. The summed E-state index contributed by atoms with van der Waals surface area (Å²) in [6.45, 7) is 0. The summed E-state index contributed by atoms with van der Waals surface area (Å²) in [6.07, 6.45) is 4.38. The molecular weight excluding hydrogens is 363 g/mol. The van der Waals surface area contributed by atoms with Gasteiger partial charge in [0.1, 0.15) is 22.8 Å². The standard InChI is InChI=1S/C19H16Cl2O4/c1-24-14-10-17(23)19(18(11-14)25-2)16(22)5-3-4-15(21)12-6-8-13(20)9-7-12/h3-11,23H,1-2H3/b5-3+,15-4-.